The Labute approximate surface area is 118 Å². The summed E-state index contributed by atoms with van der Waals surface area (Å²) in [6, 6.07) is 8.73. The number of fused-ring (bicyclic) bond motifs is 3. The van der Waals surface area contributed by atoms with Gasteiger partial charge in [0.2, 0.25) is 5.91 Å². The van der Waals surface area contributed by atoms with Crippen molar-refractivity contribution in [1.29, 1.82) is 0 Å². The number of rotatable bonds is 2. The molecule has 1 aromatic rings. The van der Waals surface area contributed by atoms with Crippen LogP contribution in [-0.4, -0.2) is 37.2 Å². The van der Waals surface area contributed by atoms with Crippen LogP contribution in [0, 0.1) is 5.92 Å². The topological polar surface area (TPSA) is 50.4 Å². The van der Waals surface area contributed by atoms with Gasteiger partial charge in [-0.1, -0.05) is 24.3 Å². The normalized spacial score (nSPS) is 38.0. The molecular formula is C16H20N2O2. The van der Waals surface area contributed by atoms with E-state index in [0.717, 1.165) is 13.0 Å². The third-order valence-corrected chi connectivity index (χ3v) is 4.95. The molecule has 0 spiro atoms. The molecule has 1 aliphatic heterocycles. The molecule has 0 aromatic heterocycles. The van der Waals surface area contributed by atoms with Crippen LogP contribution in [0.3, 0.4) is 0 Å². The van der Waals surface area contributed by atoms with E-state index in [0.29, 0.717) is 24.5 Å². The molecule has 1 saturated heterocycles. The van der Waals surface area contributed by atoms with Crippen molar-refractivity contribution in [3.63, 3.8) is 0 Å². The van der Waals surface area contributed by atoms with Gasteiger partial charge in [-0.05, 0) is 30.4 Å². The fourth-order valence-corrected chi connectivity index (χ4v) is 3.83. The van der Waals surface area contributed by atoms with E-state index >= 15 is 0 Å². The lowest BCUT2D eigenvalue weighted by Crippen LogP contribution is -2.56. The fourth-order valence-electron chi connectivity index (χ4n) is 3.83. The second-order valence-corrected chi connectivity index (χ2v) is 6.13. The molecule has 2 N–H and O–H groups in total. The predicted molar refractivity (Wildman–Crippen MR) is 75.5 cm³/mol. The van der Waals surface area contributed by atoms with E-state index in [2.05, 4.69) is 34.9 Å². The van der Waals surface area contributed by atoms with E-state index in [9.17, 15) is 4.79 Å². The van der Waals surface area contributed by atoms with Gasteiger partial charge in [0, 0.05) is 18.5 Å². The monoisotopic (exact) mass is 272 g/mol. The quantitative estimate of drug-likeness (QED) is 0.838. The van der Waals surface area contributed by atoms with Gasteiger partial charge in [-0.3, -0.25) is 4.79 Å². The van der Waals surface area contributed by atoms with Crippen LogP contribution in [0.15, 0.2) is 24.3 Å². The maximum atomic E-state index is 12.3. The van der Waals surface area contributed by atoms with Crippen molar-refractivity contribution in [2.24, 2.45) is 5.92 Å². The van der Waals surface area contributed by atoms with Gasteiger partial charge in [-0.25, -0.2) is 0 Å². The average molecular weight is 272 g/mol. The van der Waals surface area contributed by atoms with Gasteiger partial charge in [0.25, 0.3) is 0 Å². The highest BCUT2D eigenvalue weighted by atomic mass is 16.5. The molecular weight excluding hydrogens is 252 g/mol. The lowest BCUT2D eigenvalue weighted by atomic mass is 10.0. The standard InChI is InChI=1S/C16H20N2O2/c1-9-14(17-6-7-20-9)16(19)18-15-12-8-10-4-2-3-5-11(10)13(12)15/h2-5,9,12-15,17H,6-8H2,1H3,(H,18,19)/t9-,12?,13?,14+,15?/m1/s1. The highest BCUT2D eigenvalue weighted by molar-refractivity contribution is 5.83. The van der Waals surface area contributed by atoms with Crippen molar-refractivity contribution in [3.05, 3.63) is 35.4 Å². The zero-order valence-corrected chi connectivity index (χ0v) is 11.6. The van der Waals surface area contributed by atoms with Gasteiger partial charge in [-0.2, -0.15) is 0 Å². The molecule has 1 amide bonds. The molecule has 0 radical (unpaired) electrons. The molecule has 1 heterocycles. The van der Waals surface area contributed by atoms with Gasteiger partial charge in [0.1, 0.15) is 6.04 Å². The summed E-state index contributed by atoms with van der Waals surface area (Å²) in [4.78, 5) is 12.3. The molecule has 20 heavy (non-hydrogen) atoms. The lowest BCUT2D eigenvalue weighted by Gasteiger charge is -2.29. The Kier molecular flexibility index (Phi) is 2.82. The molecule has 106 valence electrons. The number of carbonyl (C=O) groups excluding carboxylic acids is 1. The second-order valence-electron chi connectivity index (χ2n) is 6.13. The number of ether oxygens (including phenoxy) is 1. The van der Waals surface area contributed by atoms with E-state index in [-0.39, 0.29) is 18.1 Å². The molecule has 4 rings (SSSR count). The molecule has 4 heteroatoms. The first-order valence-corrected chi connectivity index (χ1v) is 7.49. The summed E-state index contributed by atoms with van der Waals surface area (Å²) in [6.45, 7) is 3.40. The Morgan fingerprint density at radius 1 is 1.40 bits per heavy atom. The SMILES string of the molecule is C[C@H]1OCCN[C@@H]1C(=O)NC1C2Cc3ccccc3C21. The van der Waals surface area contributed by atoms with Gasteiger partial charge in [0.05, 0.1) is 12.7 Å². The van der Waals surface area contributed by atoms with Crippen molar-refractivity contribution in [2.75, 3.05) is 13.2 Å². The van der Waals surface area contributed by atoms with Gasteiger partial charge >= 0.3 is 0 Å². The van der Waals surface area contributed by atoms with Crippen molar-refractivity contribution in [1.82, 2.24) is 10.6 Å². The molecule has 3 aliphatic rings. The summed E-state index contributed by atoms with van der Waals surface area (Å²) in [5.74, 6) is 1.24. The smallest absolute Gasteiger partial charge is 0.240 e. The minimum atomic E-state index is -0.208. The number of benzene rings is 1. The summed E-state index contributed by atoms with van der Waals surface area (Å²) in [5, 5.41) is 6.47. The van der Waals surface area contributed by atoms with E-state index in [1.54, 1.807) is 0 Å². The number of hydrogen-bond donors (Lipinski definition) is 2. The number of hydrogen-bond acceptors (Lipinski definition) is 3. The molecule has 1 aromatic carbocycles. The van der Waals surface area contributed by atoms with E-state index in [1.807, 2.05) is 6.92 Å². The Bertz CT molecular complexity index is 545. The number of carbonyl (C=O) groups is 1. The summed E-state index contributed by atoms with van der Waals surface area (Å²) in [7, 11) is 0. The van der Waals surface area contributed by atoms with Crippen LogP contribution in [0.5, 0.6) is 0 Å². The van der Waals surface area contributed by atoms with Crippen molar-refractivity contribution >= 4 is 5.91 Å². The van der Waals surface area contributed by atoms with Crippen molar-refractivity contribution in [2.45, 2.75) is 37.5 Å². The van der Waals surface area contributed by atoms with Crippen molar-refractivity contribution in [3.8, 4) is 0 Å². The molecule has 2 fully saturated rings. The van der Waals surface area contributed by atoms with Gasteiger partial charge < -0.3 is 15.4 Å². The molecule has 0 bridgehead atoms. The first-order valence-electron chi connectivity index (χ1n) is 7.49. The number of amides is 1. The van der Waals surface area contributed by atoms with E-state index in [1.165, 1.54) is 11.1 Å². The van der Waals surface area contributed by atoms with Crippen molar-refractivity contribution < 1.29 is 9.53 Å². The van der Waals surface area contributed by atoms with Gasteiger partial charge in [-0.15, -0.1) is 0 Å². The molecule has 1 saturated carbocycles. The van der Waals surface area contributed by atoms with Crippen LogP contribution in [0.4, 0.5) is 0 Å². The molecule has 4 nitrogen and oxygen atoms in total. The van der Waals surface area contributed by atoms with Crippen LogP contribution in [-0.2, 0) is 16.0 Å². The lowest BCUT2D eigenvalue weighted by molar-refractivity contribution is -0.129. The zero-order chi connectivity index (χ0) is 13.7. The summed E-state index contributed by atoms with van der Waals surface area (Å²) >= 11 is 0. The Hall–Kier alpha value is -1.39. The summed E-state index contributed by atoms with van der Waals surface area (Å²) in [6.07, 6.45) is 1.06. The summed E-state index contributed by atoms with van der Waals surface area (Å²) in [5.41, 5.74) is 2.89. The van der Waals surface area contributed by atoms with Crippen LogP contribution >= 0.6 is 0 Å². The predicted octanol–water partition coefficient (Wildman–Crippen LogP) is 0.818. The summed E-state index contributed by atoms with van der Waals surface area (Å²) < 4.78 is 5.54. The van der Waals surface area contributed by atoms with Crippen LogP contribution in [0.2, 0.25) is 0 Å². The minimum absolute atomic E-state index is 0.0466. The number of morpholine rings is 1. The number of nitrogens with one attached hydrogen (secondary N) is 2. The molecule has 2 aliphatic carbocycles. The Morgan fingerprint density at radius 2 is 2.25 bits per heavy atom. The highest BCUT2D eigenvalue weighted by Gasteiger charge is 2.56. The highest BCUT2D eigenvalue weighted by Crippen LogP contribution is 2.56. The fraction of sp³-hybridized carbons (Fsp3) is 0.562. The Morgan fingerprint density at radius 3 is 3.10 bits per heavy atom. The molecule has 3 unspecified atom stereocenters. The van der Waals surface area contributed by atoms with Crippen LogP contribution < -0.4 is 10.6 Å². The van der Waals surface area contributed by atoms with Crippen LogP contribution in [0.1, 0.15) is 24.0 Å². The first kappa shape index (κ1) is 12.4. The largest absolute Gasteiger partial charge is 0.375 e. The molecule has 5 atom stereocenters. The van der Waals surface area contributed by atoms with E-state index < -0.39 is 0 Å². The van der Waals surface area contributed by atoms with E-state index in [4.69, 9.17) is 4.74 Å². The average Bonchev–Trinajstić information content (AvgIpc) is 2.96. The first-order chi connectivity index (χ1) is 9.75. The van der Waals surface area contributed by atoms with Crippen LogP contribution in [0.25, 0.3) is 0 Å². The Balaban J connectivity index is 1.42. The second kappa shape index (κ2) is 4.57. The maximum absolute atomic E-state index is 12.3. The maximum Gasteiger partial charge on any atom is 0.240 e. The third-order valence-electron chi connectivity index (χ3n) is 4.95. The van der Waals surface area contributed by atoms with Gasteiger partial charge in [0.15, 0.2) is 0 Å². The minimum Gasteiger partial charge on any atom is -0.375 e. The third kappa shape index (κ3) is 1.86. The zero-order valence-electron chi connectivity index (χ0n) is 11.6.